The van der Waals surface area contributed by atoms with E-state index in [-0.39, 0.29) is 23.2 Å². The lowest BCUT2D eigenvalue weighted by Gasteiger charge is -2.17. The highest BCUT2D eigenvalue weighted by Crippen LogP contribution is 2.25. The number of nitrogens with one attached hydrogen (secondary N) is 1. The molecule has 1 aliphatic carbocycles. The van der Waals surface area contributed by atoms with Gasteiger partial charge >= 0.3 is 0 Å². The standard InChI is InChI=1S/C13H17FN2O/c1-8-4-2-7-11(8)16-13(17)9-5-3-6-10(14)12(9)15/h3,5-6,8,11H,2,4,7,15H2,1H3,(H,16,17). The highest BCUT2D eigenvalue weighted by atomic mass is 19.1. The van der Waals surface area contributed by atoms with Gasteiger partial charge in [-0.25, -0.2) is 4.39 Å². The summed E-state index contributed by atoms with van der Waals surface area (Å²) in [5, 5.41) is 2.93. The third kappa shape index (κ3) is 2.40. The van der Waals surface area contributed by atoms with Gasteiger partial charge in [0.25, 0.3) is 5.91 Å². The molecule has 2 unspecified atom stereocenters. The normalized spacial score (nSPS) is 23.6. The van der Waals surface area contributed by atoms with Crippen LogP contribution in [0.25, 0.3) is 0 Å². The minimum absolute atomic E-state index is 0.0735. The van der Waals surface area contributed by atoms with Crippen LogP contribution in [0.3, 0.4) is 0 Å². The van der Waals surface area contributed by atoms with Gasteiger partial charge in [0.2, 0.25) is 0 Å². The zero-order valence-electron chi connectivity index (χ0n) is 9.87. The van der Waals surface area contributed by atoms with Crippen LogP contribution in [0.5, 0.6) is 0 Å². The van der Waals surface area contributed by atoms with Crippen molar-refractivity contribution in [3.05, 3.63) is 29.6 Å². The zero-order valence-corrected chi connectivity index (χ0v) is 9.87. The Kier molecular flexibility index (Phi) is 3.31. The van der Waals surface area contributed by atoms with E-state index < -0.39 is 5.82 Å². The second-order valence-corrected chi connectivity index (χ2v) is 4.69. The average molecular weight is 236 g/mol. The summed E-state index contributed by atoms with van der Waals surface area (Å²) in [7, 11) is 0. The first kappa shape index (κ1) is 11.9. The molecule has 0 aliphatic heterocycles. The Labute approximate surface area is 100 Å². The molecule has 2 rings (SSSR count). The predicted molar refractivity (Wildman–Crippen MR) is 65.1 cm³/mol. The van der Waals surface area contributed by atoms with Crippen molar-refractivity contribution in [3.8, 4) is 0 Å². The second kappa shape index (κ2) is 4.73. The lowest BCUT2D eigenvalue weighted by molar-refractivity contribution is 0.0930. The Bertz CT molecular complexity index is 433. The molecule has 0 radical (unpaired) electrons. The monoisotopic (exact) mass is 236 g/mol. The number of nitrogen functional groups attached to an aromatic ring is 1. The highest BCUT2D eigenvalue weighted by molar-refractivity contribution is 5.99. The van der Waals surface area contributed by atoms with E-state index in [0.29, 0.717) is 5.92 Å². The molecule has 0 bridgehead atoms. The number of rotatable bonds is 2. The van der Waals surface area contributed by atoms with E-state index in [1.54, 1.807) is 6.07 Å². The molecule has 0 saturated heterocycles. The van der Waals surface area contributed by atoms with Crippen molar-refractivity contribution in [1.82, 2.24) is 5.32 Å². The minimum Gasteiger partial charge on any atom is -0.396 e. The number of carbonyl (C=O) groups is 1. The van der Waals surface area contributed by atoms with Gasteiger partial charge in [-0.3, -0.25) is 4.79 Å². The van der Waals surface area contributed by atoms with E-state index >= 15 is 0 Å². The van der Waals surface area contributed by atoms with Crippen LogP contribution < -0.4 is 11.1 Å². The van der Waals surface area contributed by atoms with Crippen LogP contribution in [0.4, 0.5) is 10.1 Å². The van der Waals surface area contributed by atoms with Crippen molar-refractivity contribution in [1.29, 1.82) is 0 Å². The maximum atomic E-state index is 13.2. The SMILES string of the molecule is CC1CCCC1NC(=O)c1cccc(F)c1N. The maximum Gasteiger partial charge on any atom is 0.253 e. The molecule has 3 nitrogen and oxygen atoms in total. The Balaban J connectivity index is 2.12. The lowest BCUT2D eigenvalue weighted by atomic mass is 10.1. The van der Waals surface area contributed by atoms with E-state index in [1.165, 1.54) is 12.1 Å². The fourth-order valence-corrected chi connectivity index (χ4v) is 2.34. The summed E-state index contributed by atoms with van der Waals surface area (Å²) in [6, 6.07) is 4.49. The first-order chi connectivity index (χ1) is 8.09. The smallest absolute Gasteiger partial charge is 0.253 e. The number of benzene rings is 1. The van der Waals surface area contributed by atoms with Gasteiger partial charge < -0.3 is 11.1 Å². The van der Waals surface area contributed by atoms with Gasteiger partial charge in [-0.15, -0.1) is 0 Å². The second-order valence-electron chi connectivity index (χ2n) is 4.69. The van der Waals surface area contributed by atoms with Gasteiger partial charge in [-0.1, -0.05) is 19.4 Å². The average Bonchev–Trinajstić information content (AvgIpc) is 2.68. The van der Waals surface area contributed by atoms with Crippen LogP contribution in [0, 0.1) is 11.7 Å². The van der Waals surface area contributed by atoms with Crippen LogP contribution >= 0.6 is 0 Å². The summed E-state index contributed by atoms with van der Waals surface area (Å²) >= 11 is 0. The third-order valence-electron chi connectivity index (χ3n) is 3.48. The molecule has 92 valence electrons. The van der Waals surface area contributed by atoms with Crippen molar-refractivity contribution < 1.29 is 9.18 Å². The van der Waals surface area contributed by atoms with Gasteiger partial charge in [-0.05, 0) is 30.9 Å². The number of carbonyl (C=O) groups excluding carboxylic acids is 1. The Morgan fingerprint density at radius 1 is 1.47 bits per heavy atom. The molecule has 1 saturated carbocycles. The Morgan fingerprint density at radius 2 is 2.24 bits per heavy atom. The first-order valence-corrected chi connectivity index (χ1v) is 5.94. The molecule has 1 aliphatic rings. The Morgan fingerprint density at radius 3 is 2.88 bits per heavy atom. The van der Waals surface area contributed by atoms with Gasteiger partial charge in [-0.2, -0.15) is 0 Å². The van der Waals surface area contributed by atoms with Crippen molar-refractivity contribution in [2.75, 3.05) is 5.73 Å². The molecule has 1 aromatic rings. The Hall–Kier alpha value is -1.58. The molecule has 17 heavy (non-hydrogen) atoms. The maximum absolute atomic E-state index is 13.2. The summed E-state index contributed by atoms with van der Waals surface area (Å²) in [5.74, 6) is -0.341. The van der Waals surface area contributed by atoms with E-state index in [9.17, 15) is 9.18 Å². The molecule has 1 aromatic carbocycles. The zero-order chi connectivity index (χ0) is 12.4. The largest absolute Gasteiger partial charge is 0.396 e. The van der Waals surface area contributed by atoms with Crippen LogP contribution in [0.15, 0.2) is 18.2 Å². The van der Waals surface area contributed by atoms with E-state index in [1.807, 2.05) is 0 Å². The van der Waals surface area contributed by atoms with Crippen molar-refractivity contribution >= 4 is 11.6 Å². The molecular weight excluding hydrogens is 219 g/mol. The van der Waals surface area contributed by atoms with Crippen LogP contribution in [-0.4, -0.2) is 11.9 Å². The number of hydrogen-bond donors (Lipinski definition) is 2. The highest BCUT2D eigenvalue weighted by Gasteiger charge is 2.25. The van der Waals surface area contributed by atoms with Crippen molar-refractivity contribution in [2.24, 2.45) is 5.92 Å². The quantitative estimate of drug-likeness (QED) is 0.774. The molecule has 0 heterocycles. The van der Waals surface area contributed by atoms with Gasteiger partial charge in [0.05, 0.1) is 11.3 Å². The topological polar surface area (TPSA) is 55.1 Å². The molecule has 0 spiro atoms. The summed E-state index contributed by atoms with van der Waals surface area (Å²) in [6.45, 7) is 2.12. The van der Waals surface area contributed by atoms with E-state index in [2.05, 4.69) is 12.2 Å². The number of hydrogen-bond acceptors (Lipinski definition) is 2. The number of amides is 1. The van der Waals surface area contributed by atoms with E-state index in [4.69, 9.17) is 5.73 Å². The van der Waals surface area contributed by atoms with Crippen molar-refractivity contribution in [2.45, 2.75) is 32.2 Å². The van der Waals surface area contributed by atoms with Crippen LogP contribution in [-0.2, 0) is 0 Å². The molecule has 1 amide bonds. The number of para-hydroxylation sites is 1. The van der Waals surface area contributed by atoms with E-state index in [0.717, 1.165) is 19.3 Å². The van der Waals surface area contributed by atoms with Crippen LogP contribution in [0.1, 0.15) is 36.5 Å². The molecule has 4 heteroatoms. The number of nitrogens with two attached hydrogens (primary N) is 1. The summed E-state index contributed by atoms with van der Waals surface area (Å²) < 4.78 is 13.2. The predicted octanol–water partition coefficient (Wildman–Crippen LogP) is 2.33. The van der Waals surface area contributed by atoms with Crippen LogP contribution in [0.2, 0.25) is 0 Å². The third-order valence-corrected chi connectivity index (χ3v) is 3.48. The van der Waals surface area contributed by atoms with Crippen molar-refractivity contribution in [3.63, 3.8) is 0 Å². The summed E-state index contributed by atoms with van der Waals surface area (Å²) in [5.41, 5.74) is 5.71. The molecule has 1 fully saturated rings. The fourth-order valence-electron chi connectivity index (χ4n) is 2.34. The molecule has 0 aromatic heterocycles. The number of halogens is 1. The van der Waals surface area contributed by atoms with Gasteiger partial charge in [0.15, 0.2) is 0 Å². The van der Waals surface area contributed by atoms with Gasteiger partial charge in [0, 0.05) is 6.04 Å². The fraction of sp³-hybridized carbons (Fsp3) is 0.462. The molecule has 3 N–H and O–H groups in total. The summed E-state index contributed by atoms with van der Waals surface area (Å²) in [4.78, 5) is 12.0. The minimum atomic E-state index is -0.544. The lowest BCUT2D eigenvalue weighted by Crippen LogP contribution is -2.36. The summed E-state index contributed by atoms with van der Waals surface area (Å²) in [6.07, 6.45) is 3.25. The first-order valence-electron chi connectivity index (χ1n) is 5.94. The van der Waals surface area contributed by atoms with Gasteiger partial charge in [0.1, 0.15) is 5.82 Å². The molecule has 2 atom stereocenters. The molecular formula is C13H17FN2O. The number of anilines is 1.